The lowest BCUT2D eigenvalue weighted by atomic mass is 10.2. The lowest BCUT2D eigenvalue weighted by Gasteiger charge is -2.21. The largest absolute Gasteiger partial charge is 0.419 e. The van der Waals surface area contributed by atoms with Gasteiger partial charge in [-0.25, -0.2) is 4.98 Å². The summed E-state index contributed by atoms with van der Waals surface area (Å²) in [5, 5.41) is 9.67. The molecule has 8 heteroatoms. The second-order valence-electron chi connectivity index (χ2n) is 8.40. The molecule has 0 saturated heterocycles. The smallest absolute Gasteiger partial charge is 0.257 e. The first kappa shape index (κ1) is 22.6. The summed E-state index contributed by atoms with van der Waals surface area (Å²) < 4.78 is 5.88. The summed E-state index contributed by atoms with van der Waals surface area (Å²) in [4.78, 5) is 21.1. The van der Waals surface area contributed by atoms with E-state index in [2.05, 4.69) is 47.2 Å². The number of amides is 1. The summed E-state index contributed by atoms with van der Waals surface area (Å²) in [6.45, 7) is 4.40. The maximum atomic E-state index is 13.7. The van der Waals surface area contributed by atoms with Crippen molar-refractivity contribution in [3.63, 3.8) is 0 Å². The predicted octanol–water partition coefficient (Wildman–Crippen LogP) is 6.36. The summed E-state index contributed by atoms with van der Waals surface area (Å²) in [6.07, 6.45) is 3.65. The van der Waals surface area contributed by atoms with Gasteiger partial charge in [-0.2, -0.15) is 0 Å². The van der Waals surface area contributed by atoms with E-state index < -0.39 is 0 Å². The Morgan fingerprint density at radius 3 is 2.65 bits per heavy atom. The van der Waals surface area contributed by atoms with E-state index in [1.807, 2.05) is 23.1 Å². The Balaban J connectivity index is 1.38. The summed E-state index contributed by atoms with van der Waals surface area (Å²) >= 11 is 7.49. The van der Waals surface area contributed by atoms with Crippen molar-refractivity contribution < 1.29 is 9.21 Å². The third kappa shape index (κ3) is 5.00. The number of aryl methyl sites for hydroxylation is 2. The molecule has 1 amide bonds. The number of hydrogen-bond acceptors (Lipinski definition) is 6. The molecule has 0 bridgehead atoms. The second kappa shape index (κ2) is 9.60. The van der Waals surface area contributed by atoms with Gasteiger partial charge in [0, 0.05) is 27.7 Å². The van der Waals surface area contributed by atoms with Crippen LogP contribution in [0.1, 0.15) is 40.2 Å². The second-order valence-corrected chi connectivity index (χ2v) is 9.87. The van der Waals surface area contributed by atoms with E-state index in [1.165, 1.54) is 17.3 Å². The highest BCUT2D eigenvalue weighted by Crippen LogP contribution is 2.35. The number of hydrogen-bond donors (Lipinski definition) is 0. The van der Waals surface area contributed by atoms with Crippen LogP contribution in [0.3, 0.4) is 0 Å². The van der Waals surface area contributed by atoms with E-state index in [-0.39, 0.29) is 18.5 Å². The first-order chi connectivity index (χ1) is 16.5. The van der Waals surface area contributed by atoms with Crippen molar-refractivity contribution in [1.82, 2.24) is 20.1 Å². The zero-order valence-electron chi connectivity index (χ0n) is 18.9. The molecule has 0 N–H and O–H groups in total. The molecule has 2 aromatic heterocycles. The van der Waals surface area contributed by atoms with Crippen molar-refractivity contribution in [3.8, 4) is 11.5 Å². The number of halogens is 1. The van der Waals surface area contributed by atoms with E-state index in [1.54, 1.807) is 24.4 Å². The number of benzene rings is 2. The van der Waals surface area contributed by atoms with E-state index >= 15 is 0 Å². The first-order valence-corrected chi connectivity index (χ1v) is 12.3. The van der Waals surface area contributed by atoms with Crippen LogP contribution in [-0.2, 0) is 6.54 Å². The van der Waals surface area contributed by atoms with E-state index in [9.17, 15) is 4.79 Å². The van der Waals surface area contributed by atoms with Crippen molar-refractivity contribution in [3.05, 3.63) is 88.4 Å². The zero-order chi connectivity index (χ0) is 23.7. The Labute approximate surface area is 207 Å². The summed E-state index contributed by atoms with van der Waals surface area (Å²) in [7, 11) is 0. The SMILES string of the molecule is Cc1ccc(Sc2ncccc2C(=O)N(Cc2nnc(-c3ccc(Cl)cc3)o2)C2CC2)c(C)c1. The highest BCUT2D eigenvalue weighted by Gasteiger charge is 2.35. The summed E-state index contributed by atoms with van der Waals surface area (Å²) in [5.74, 6) is 0.731. The van der Waals surface area contributed by atoms with Gasteiger partial charge >= 0.3 is 0 Å². The van der Waals surface area contributed by atoms with Crippen molar-refractivity contribution in [2.75, 3.05) is 0 Å². The highest BCUT2D eigenvalue weighted by atomic mass is 35.5. The number of rotatable bonds is 7. The lowest BCUT2D eigenvalue weighted by molar-refractivity contribution is 0.0710. The molecule has 1 aliphatic rings. The van der Waals surface area contributed by atoms with Gasteiger partial charge in [0.05, 0.1) is 12.1 Å². The molecule has 34 heavy (non-hydrogen) atoms. The molecule has 2 heterocycles. The average Bonchev–Trinajstić information content (AvgIpc) is 3.57. The van der Waals surface area contributed by atoms with Crippen molar-refractivity contribution in [1.29, 1.82) is 0 Å². The van der Waals surface area contributed by atoms with Crippen LogP contribution in [0.15, 0.2) is 75.1 Å². The molecular formula is C26H23ClN4O2S. The average molecular weight is 491 g/mol. The van der Waals surface area contributed by atoms with Crippen LogP contribution in [-0.4, -0.2) is 32.0 Å². The fraction of sp³-hybridized carbons (Fsp3) is 0.231. The maximum absolute atomic E-state index is 13.7. The first-order valence-electron chi connectivity index (χ1n) is 11.1. The standard InChI is InChI=1S/C26H23ClN4O2S/c1-16-5-12-22(17(2)14-16)34-25-21(4-3-13-28-25)26(32)31(20-10-11-20)15-23-29-30-24(33-23)18-6-8-19(27)9-7-18/h3-9,12-14,20H,10-11,15H2,1-2H3. The topological polar surface area (TPSA) is 72.1 Å². The Bertz CT molecular complexity index is 1330. The van der Waals surface area contributed by atoms with Crippen LogP contribution in [0.25, 0.3) is 11.5 Å². The maximum Gasteiger partial charge on any atom is 0.257 e. The molecule has 0 unspecified atom stereocenters. The van der Waals surface area contributed by atoms with Crippen LogP contribution in [0.5, 0.6) is 0 Å². The van der Waals surface area contributed by atoms with Crippen molar-refractivity contribution >= 4 is 29.3 Å². The normalized spacial score (nSPS) is 13.1. The van der Waals surface area contributed by atoms with E-state index in [0.717, 1.165) is 28.9 Å². The molecular weight excluding hydrogens is 468 g/mol. The Hall–Kier alpha value is -3.16. The molecule has 1 saturated carbocycles. The number of carbonyl (C=O) groups is 1. The molecule has 2 aromatic carbocycles. The van der Waals surface area contributed by atoms with Crippen LogP contribution < -0.4 is 0 Å². The van der Waals surface area contributed by atoms with Gasteiger partial charge in [0.2, 0.25) is 11.8 Å². The fourth-order valence-corrected chi connectivity index (χ4v) is 4.80. The minimum Gasteiger partial charge on any atom is -0.419 e. The third-order valence-corrected chi connectivity index (χ3v) is 7.10. The molecule has 4 aromatic rings. The lowest BCUT2D eigenvalue weighted by Crippen LogP contribution is -2.33. The third-order valence-electron chi connectivity index (χ3n) is 5.65. The molecule has 0 spiro atoms. The summed E-state index contributed by atoms with van der Waals surface area (Å²) in [5.41, 5.74) is 3.73. The monoisotopic (exact) mass is 490 g/mol. The number of nitrogens with zero attached hydrogens (tertiary/aromatic N) is 4. The van der Waals surface area contributed by atoms with Crippen molar-refractivity contribution in [2.45, 2.75) is 49.2 Å². The molecule has 5 rings (SSSR count). The van der Waals surface area contributed by atoms with Gasteiger partial charge in [-0.3, -0.25) is 4.79 Å². The zero-order valence-corrected chi connectivity index (χ0v) is 20.4. The Morgan fingerprint density at radius 2 is 1.91 bits per heavy atom. The quantitative estimate of drug-likeness (QED) is 0.300. The minimum atomic E-state index is -0.0749. The number of carbonyl (C=O) groups excluding carboxylic acids is 1. The highest BCUT2D eigenvalue weighted by molar-refractivity contribution is 7.99. The van der Waals surface area contributed by atoms with Crippen LogP contribution >= 0.6 is 23.4 Å². The summed E-state index contributed by atoms with van der Waals surface area (Å²) in [6, 6.07) is 17.3. The number of aromatic nitrogens is 3. The van der Waals surface area contributed by atoms with Gasteiger partial charge in [0.25, 0.3) is 5.91 Å². The van der Waals surface area contributed by atoms with Gasteiger partial charge in [-0.15, -0.1) is 10.2 Å². The van der Waals surface area contributed by atoms with Crippen LogP contribution in [0, 0.1) is 13.8 Å². The van der Waals surface area contributed by atoms with Gasteiger partial charge in [0.1, 0.15) is 5.03 Å². The Morgan fingerprint density at radius 1 is 1.12 bits per heavy atom. The van der Waals surface area contributed by atoms with E-state index in [0.29, 0.717) is 27.4 Å². The molecule has 6 nitrogen and oxygen atoms in total. The predicted molar refractivity (Wildman–Crippen MR) is 132 cm³/mol. The molecule has 1 fully saturated rings. The minimum absolute atomic E-state index is 0.0749. The molecule has 1 aliphatic carbocycles. The van der Waals surface area contributed by atoms with Crippen molar-refractivity contribution in [2.24, 2.45) is 0 Å². The van der Waals surface area contributed by atoms with Gasteiger partial charge in [-0.05, 0) is 74.7 Å². The van der Waals surface area contributed by atoms with Gasteiger partial charge < -0.3 is 9.32 Å². The molecule has 0 atom stereocenters. The Kier molecular flexibility index (Phi) is 6.39. The van der Waals surface area contributed by atoms with Gasteiger partial charge in [0.15, 0.2) is 0 Å². The molecule has 0 aliphatic heterocycles. The van der Waals surface area contributed by atoms with E-state index in [4.69, 9.17) is 16.0 Å². The van der Waals surface area contributed by atoms with Crippen LogP contribution in [0.2, 0.25) is 5.02 Å². The van der Waals surface area contributed by atoms with Crippen LogP contribution in [0.4, 0.5) is 0 Å². The molecule has 172 valence electrons. The molecule has 0 radical (unpaired) electrons. The van der Waals surface area contributed by atoms with Gasteiger partial charge in [-0.1, -0.05) is 41.1 Å². The number of pyridine rings is 1. The fourth-order valence-electron chi connectivity index (χ4n) is 3.73.